The van der Waals surface area contributed by atoms with Gasteiger partial charge in [-0.3, -0.25) is 0 Å². The molecule has 1 atom stereocenters. The highest BCUT2D eigenvalue weighted by Crippen LogP contribution is 2.51. The van der Waals surface area contributed by atoms with E-state index in [-0.39, 0.29) is 5.66 Å². The summed E-state index contributed by atoms with van der Waals surface area (Å²) in [6, 6.07) is 2.18. The van der Waals surface area contributed by atoms with Gasteiger partial charge in [0, 0.05) is 0 Å². The minimum absolute atomic E-state index is 0.197. The molecule has 0 saturated heterocycles. The molecular weight excluding hydrogens is 169 g/mol. The summed E-state index contributed by atoms with van der Waals surface area (Å²) in [6.07, 6.45) is 3.07. The molecule has 0 spiro atoms. The van der Waals surface area contributed by atoms with E-state index in [1.54, 1.807) is 0 Å². The van der Waals surface area contributed by atoms with Crippen molar-refractivity contribution in [3.63, 3.8) is 0 Å². The van der Waals surface area contributed by atoms with E-state index in [1.165, 1.54) is 0 Å². The van der Waals surface area contributed by atoms with Crippen LogP contribution in [0.15, 0.2) is 0 Å². The zero-order chi connectivity index (χ0) is 9.61. The quantitative estimate of drug-likeness (QED) is 0.620. The Bertz CT molecular complexity index is 199. The molecule has 0 amide bonds. The van der Waals surface area contributed by atoms with Gasteiger partial charge in [0.2, 0.25) is 0 Å². The van der Waals surface area contributed by atoms with Crippen LogP contribution in [-0.4, -0.2) is 18.0 Å². The van der Waals surface area contributed by atoms with Gasteiger partial charge in [0.25, 0.3) is 0 Å². The van der Waals surface area contributed by atoms with Crippen molar-refractivity contribution in [2.45, 2.75) is 39.3 Å². The number of hydrogen-bond donors (Lipinski definition) is 0. The topological polar surface area (TPSA) is 40.9 Å². The van der Waals surface area contributed by atoms with Crippen molar-refractivity contribution in [2.24, 2.45) is 0 Å². The van der Waals surface area contributed by atoms with Gasteiger partial charge in [0.15, 0.2) is 0 Å². The Hall–Kier alpha value is -0.280. The van der Waals surface area contributed by atoms with Gasteiger partial charge in [0.1, 0.15) is 7.14 Å². The van der Waals surface area contributed by atoms with Gasteiger partial charge >= 0.3 is 0 Å². The second-order valence-electron chi connectivity index (χ2n) is 3.02. The molecule has 0 aromatic heterocycles. The summed E-state index contributed by atoms with van der Waals surface area (Å²) < 4.78 is 12.0. The Morgan fingerprint density at radius 2 is 1.83 bits per heavy atom. The monoisotopic (exact) mass is 187 g/mol. The highest BCUT2D eigenvalue weighted by molar-refractivity contribution is 7.64. The van der Waals surface area contributed by atoms with Crippen molar-refractivity contribution in [3.8, 4) is 6.07 Å². The van der Waals surface area contributed by atoms with Crippen LogP contribution in [0.1, 0.15) is 33.6 Å². The van der Waals surface area contributed by atoms with E-state index in [4.69, 9.17) is 5.26 Å². The molecule has 0 radical (unpaired) electrons. The van der Waals surface area contributed by atoms with Crippen molar-refractivity contribution in [3.05, 3.63) is 0 Å². The van der Waals surface area contributed by atoms with Crippen LogP contribution in [0.3, 0.4) is 0 Å². The molecule has 0 fully saturated rings. The van der Waals surface area contributed by atoms with Gasteiger partial charge in [0.05, 0.1) is 11.7 Å². The first kappa shape index (κ1) is 11.7. The highest BCUT2D eigenvalue weighted by atomic mass is 31.2. The Balaban J connectivity index is 4.47. The average Bonchev–Trinajstić information content (AvgIpc) is 2.13. The molecule has 0 aliphatic rings. The van der Waals surface area contributed by atoms with Crippen LogP contribution in [0, 0.1) is 11.3 Å². The molecule has 12 heavy (non-hydrogen) atoms. The molecule has 70 valence electrons. The third kappa shape index (κ3) is 2.64. The molecule has 0 rings (SSSR count). The Morgan fingerprint density at radius 3 is 2.08 bits per heavy atom. The molecule has 0 saturated carbocycles. The average molecular weight is 187 g/mol. The third-order valence-electron chi connectivity index (χ3n) is 2.35. The van der Waals surface area contributed by atoms with Crippen molar-refractivity contribution in [1.82, 2.24) is 0 Å². The van der Waals surface area contributed by atoms with Crippen molar-refractivity contribution in [2.75, 3.05) is 12.3 Å². The Morgan fingerprint density at radius 1 is 1.33 bits per heavy atom. The second-order valence-corrected chi connectivity index (χ2v) is 6.81. The summed E-state index contributed by atoms with van der Waals surface area (Å²) in [5, 5.41) is 8.83. The largest absolute Gasteiger partial charge is 0.322 e. The molecular formula is C9H18NOP. The molecule has 0 aromatic rings. The maximum Gasteiger partial charge on any atom is 0.104 e. The normalized spacial score (nSPS) is 13.8. The van der Waals surface area contributed by atoms with Gasteiger partial charge in [-0.25, -0.2) is 0 Å². The van der Waals surface area contributed by atoms with E-state index < -0.39 is 7.14 Å². The van der Waals surface area contributed by atoms with E-state index in [2.05, 4.69) is 6.07 Å². The van der Waals surface area contributed by atoms with Gasteiger partial charge in [-0.2, -0.15) is 5.26 Å². The van der Waals surface area contributed by atoms with Gasteiger partial charge in [-0.15, -0.1) is 0 Å². The fraction of sp³-hybridized carbons (Fsp3) is 0.889. The van der Waals surface area contributed by atoms with Crippen LogP contribution in [0.2, 0.25) is 0 Å². The van der Waals surface area contributed by atoms with Crippen LogP contribution < -0.4 is 0 Å². The van der Waals surface area contributed by atoms with Gasteiger partial charge in [-0.05, 0) is 18.7 Å². The van der Waals surface area contributed by atoms with E-state index in [1.807, 2.05) is 20.8 Å². The lowest BCUT2D eigenvalue weighted by molar-refractivity contribution is 0.567. The first-order valence-corrected chi connectivity index (χ1v) is 6.76. The SMILES string of the molecule is CCCC(C#N)P(=O)(CC)CC. The van der Waals surface area contributed by atoms with E-state index in [0.29, 0.717) is 12.3 Å². The zero-order valence-electron chi connectivity index (χ0n) is 8.21. The molecule has 0 bridgehead atoms. The molecule has 3 heteroatoms. The molecule has 0 aliphatic heterocycles. The Labute approximate surface area is 75.3 Å². The summed E-state index contributed by atoms with van der Waals surface area (Å²) in [7, 11) is -2.17. The maximum atomic E-state index is 12.0. The lowest BCUT2D eigenvalue weighted by Gasteiger charge is -2.19. The Kier molecular flexibility index (Phi) is 5.25. The first-order valence-electron chi connectivity index (χ1n) is 4.62. The van der Waals surface area contributed by atoms with Crippen molar-refractivity contribution >= 4 is 7.14 Å². The van der Waals surface area contributed by atoms with Crippen LogP contribution in [0.5, 0.6) is 0 Å². The maximum absolute atomic E-state index is 12.0. The molecule has 0 aromatic carbocycles. The van der Waals surface area contributed by atoms with Crippen LogP contribution in [0.4, 0.5) is 0 Å². The lowest BCUT2D eigenvalue weighted by Crippen LogP contribution is -2.09. The molecule has 0 N–H and O–H groups in total. The predicted octanol–water partition coefficient (Wildman–Crippen LogP) is 3.08. The standard InChI is InChI=1S/C9H18NOP/c1-4-7-9(8-10)12(11,5-2)6-3/h9H,4-7H2,1-3H3. The fourth-order valence-electron chi connectivity index (χ4n) is 1.34. The van der Waals surface area contributed by atoms with Gasteiger partial charge < -0.3 is 4.57 Å². The third-order valence-corrected chi connectivity index (χ3v) is 6.00. The smallest absolute Gasteiger partial charge is 0.104 e. The molecule has 1 unspecified atom stereocenters. The second kappa shape index (κ2) is 5.38. The number of nitriles is 1. The fourth-order valence-corrected chi connectivity index (χ4v) is 3.61. The number of rotatable bonds is 5. The number of hydrogen-bond acceptors (Lipinski definition) is 2. The molecule has 2 nitrogen and oxygen atoms in total. The van der Waals surface area contributed by atoms with E-state index >= 15 is 0 Å². The van der Waals surface area contributed by atoms with Gasteiger partial charge in [-0.1, -0.05) is 27.2 Å². The minimum Gasteiger partial charge on any atom is -0.322 e. The predicted molar refractivity (Wildman–Crippen MR) is 53.0 cm³/mol. The van der Waals surface area contributed by atoms with Crippen molar-refractivity contribution < 1.29 is 4.57 Å². The van der Waals surface area contributed by atoms with E-state index in [9.17, 15) is 4.57 Å². The minimum atomic E-state index is -2.17. The highest BCUT2D eigenvalue weighted by Gasteiger charge is 2.28. The summed E-state index contributed by atoms with van der Waals surface area (Å²) in [6.45, 7) is 5.87. The van der Waals surface area contributed by atoms with Crippen LogP contribution >= 0.6 is 7.14 Å². The van der Waals surface area contributed by atoms with Crippen LogP contribution in [-0.2, 0) is 4.57 Å². The van der Waals surface area contributed by atoms with Crippen molar-refractivity contribution in [1.29, 1.82) is 5.26 Å². The summed E-state index contributed by atoms with van der Waals surface area (Å²) in [5.74, 6) is 0. The zero-order valence-corrected chi connectivity index (χ0v) is 9.10. The van der Waals surface area contributed by atoms with E-state index in [0.717, 1.165) is 12.8 Å². The molecule has 0 heterocycles. The number of nitrogens with zero attached hydrogens (tertiary/aromatic N) is 1. The summed E-state index contributed by atoms with van der Waals surface area (Å²) in [5.41, 5.74) is -0.197. The lowest BCUT2D eigenvalue weighted by atomic mass is 10.3. The molecule has 0 aliphatic carbocycles. The summed E-state index contributed by atoms with van der Waals surface area (Å²) in [4.78, 5) is 0. The summed E-state index contributed by atoms with van der Waals surface area (Å²) >= 11 is 0. The van der Waals surface area contributed by atoms with Crippen LogP contribution in [0.25, 0.3) is 0 Å². The first-order chi connectivity index (χ1) is 5.64.